The molecule has 0 atom stereocenters. The van der Waals surface area contributed by atoms with E-state index in [0.717, 1.165) is 54.2 Å². The summed E-state index contributed by atoms with van der Waals surface area (Å²) in [7, 11) is 1.65. The lowest BCUT2D eigenvalue weighted by atomic mass is 10.0. The van der Waals surface area contributed by atoms with Gasteiger partial charge in [0.15, 0.2) is 5.16 Å². The maximum Gasteiger partial charge on any atom is 0.237 e. The van der Waals surface area contributed by atoms with Crippen LogP contribution in [-0.4, -0.2) is 46.0 Å². The van der Waals surface area contributed by atoms with Gasteiger partial charge in [0.25, 0.3) is 0 Å². The predicted octanol–water partition coefficient (Wildman–Crippen LogP) is 4.18. The summed E-state index contributed by atoms with van der Waals surface area (Å²) >= 11 is 1.40. The number of fused-ring (bicyclic) bond motifs is 1. The molecule has 0 unspecified atom stereocenters. The second-order valence-corrected chi connectivity index (χ2v) is 9.56. The standard InChI is InChI=1S/C25H27N5O3S/c1-16(31)26-19-6-3-7-20(14-19)30-24(17-8-9-17)27-28-25(30)34-15-23(32)29-12-4-5-18-13-21(33-2)10-11-22(18)29/h3,6-7,10-11,13-14,17H,4-5,8-9,12,15H2,1-2H3,(H,26,31). The van der Waals surface area contributed by atoms with Crippen molar-refractivity contribution >= 4 is 35.0 Å². The van der Waals surface area contributed by atoms with Crippen molar-refractivity contribution in [1.82, 2.24) is 14.8 Å². The number of amides is 2. The predicted molar refractivity (Wildman–Crippen MR) is 132 cm³/mol. The summed E-state index contributed by atoms with van der Waals surface area (Å²) in [5, 5.41) is 12.4. The first-order valence-corrected chi connectivity index (χ1v) is 12.5. The molecule has 34 heavy (non-hydrogen) atoms. The summed E-state index contributed by atoms with van der Waals surface area (Å²) < 4.78 is 7.37. The molecule has 1 saturated carbocycles. The molecule has 3 aromatic rings. The van der Waals surface area contributed by atoms with Crippen LogP contribution in [0.2, 0.25) is 0 Å². The van der Waals surface area contributed by atoms with Gasteiger partial charge in [0.05, 0.1) is 18.6 Å². The molecule has 2 aliphatic rings. The van der Waals surface area contributed by atoms with E-state index in [2.05, 4.69) is 15.5 Å². The molecule has 1 fully saturated rings. The summed E-state index contributed by atoms with van der Waals surface area (Å²) in [4.78, 5) is 26.6. The second-order valence-electron chi connectivity index (χ2n) is 8.61. The zero-order valence-electron chi connectivity index (χ0n) is 19.3. The maximum absolute atomic E-state index is 13.2. The number of nitrogens with zero attached hydrogens (tertiary/aromatic N) is 4. The Bertz CT molecular complexity index is 1240. The molecule has 0 spiro atoms. The number of hydrogen-bond donors (Lipinski definition) is 1. The van der Waals surface area contributed by atoms with Crippen LogP contribution in [0.15, 0.2) is 47.6 Å². The molecule has 1 aromatic heterocycles. The van der Waals surface area contributed by atoms with E-state index in [1.54, 1.807) is 7.11 Å². The number of carbonyl (C=O) groups is 2. The van der Waals surface area contributed by atoms with Gasteiger partial charge in [0.2, 0.25) is 11.8 Å². The largest absolute Gasteiger partial charge is 0.497 e. The minimum Gasteiger partial charge on any atom is -0.497 e. The summed E-state index contributed by atoms with van der Waals surface area (Å²) in [6, 6.07) is 13.5. The number of rotatable bonds is 7. The molecular weight excluding hydrogens is 450 g/mol. The minimum absolute atomic E-state index is 0.0469. The number of anilines is 2. The van der Waals surface area contributed by atoms with Crippen molar-refractivity contribution in [2.75, 3.05) is 29.6 Å². The van der Waals surface area contributed by atoms with Gasteiger partial charge < -0.3 is 15.0 Å². The molecule has 5 rings (SSSR count). The highest BCUT2D eigenvalue weighted by molar-refractivity contribution is 7.99. The molecule has 2 aromatic carbocycles. The first-order valence-electron chi connectivity index (χ1n) is 11.5. The molecule has 0 saturated heterocycles. The fourth-order valence-corrected chi connectivity index (χ4v) is 5.15. The van der Waals surface area contributed by atoms with E-state index in [4.69, 9.17) is 4.74 Å². The van der Waals surface area contributed by atoms with Gasteiger partial charge in [-0.05, 0) is 67.6 Å². The van der Waals surface area contributed by atoms with Crippen molar-refractivity contribution in [3.05, 3.63) is 53.9 Å². The van der Waals surface area contributed by atoms with Crippen LogP contribution in [-0.2, 0) is 16.0 Å². The number of aromatic nitrogens is 3. The Hall–Kier alpha value is -3.33. The van der Waals surface area contributed by atoms with Crippen LogP contribution in [0.25, 0.3) is 5.69 Å². The van der Waals surface area contributed by atoms with Gasteiger partial charge >= 0.3 is 0 Å². The Kier molecular flexibility index (Phi) is 6.28. The number of methoxy groups -OCH3 is 1. The number of carbonyl (C=O) groups excluding carboxylic acids is 2. The Morgan fingerprint density at radius 3 is 2.79 bits per heavy atom. The topological polar surface area (TPSA) is 89.3 Å². The number of nitrogens with one attached hydrogen (secondary N) is 1. The van der Waals surface area contributed by atoms with Gasteiger partial charge in [-0.25, -0.2) is 0 Å². The third kappa shape index (κ3) is 4.65. The summed E-state index contributed by atoms with van der Waals surface area (Å²) in [6.07, 6.45) is 4.03. The van der Waals surface area contributed by atoms with Crippen molar-refractivity contribution in [2.24, 2.45) is 0 Å². The first kappa shape index (κ1) is 22.5. The number of benzene rings is 2. The van der Waals surface area contributed by atoms with Crippen LogP contribution in [0, 0.1) is 0 Å². The SMILES string of the molecule is COc1ccc2c(c1)CCCN2C(=O)CSc1nnc(C2CC2)n1-c1cccc(NC(C)=O)c1. The smallest absolute Gasteiger partial charge is 0.237 e. The van der Waals surface area contributed by atoms with Gasteiger partial charge in [-0.1, -0.05) is 17.8 Å². The van der Waals surface area contributed by atoms with Crippen LogP contribution >= 0.6 is 11.8 Å². The summed E-state index contributed by atoms with van der Waals surface area (Å²) in [6.45, 7) is 2.19. The van der Waals surface area contributed by atoms with E-state index in [1.807, 2.05) is 51.9 Å². The van der Waals surface area contributed by atoms with Gasteiger partial charge in [-0.2, -0.15) is 0 Å². The molecule has 176 valence electrons. The molecule has 9 heteroatoms. The second kappa shape index (κ2) is 9.50. The molecule has 2 amide bonds. The average molecular weight is 478 g/mol. The van der Waals surface area contributed by atoms with Crippen molar-refractivity contribution in [3.8, 4) is 11.4 Å². The van der Waals surface area contributed by atoms with Crippen LogP contribution in [0.5, 0.6) is 5.75 Å². The molecule has 2 heterocycles. The first-order chi connectivity index (χ1) is 16.5. The highest BCUT2D eigenvalue weighted by atomic mass is 32.2. The molecule has 1 aliphatic carbocycles. The van der Waals surface area contributed by atoms with Gasteiger partial charge in [0.1, 0.15) is 11.6 Å². The van der Waals surface area contributed by atoms with Crippen LogP contribution in [0.3, 0.4) is 0 Å². The van der Waals surface area contributed by atoms with E-state index < -0.39 is 0 Å². The zero-order valence-corrected chi connectivity index (χ0v) is 20.1. The van der Waals surface area contributed by atoms with E-state index in [1.165, 1.54) is 18.7 Å². The third-order valence-corrected chi connectivity index (χ3v) is 6.97. The quantitative estimate of drug-likeness (QED) is 0.514. The minimum atomic E-state index is -0.122. The summed E-state index contributed by atoms with van der Waals surface area (Å²) in [5.74, 6) is 2.29. The highest BCUT2D eigenvalue weighted by Gasteiger charge is 2.31. The van der Waals surface area contributed by atoms with E-state index in [9.17, 15) is 9.59 Å². The van der Waals surface area contributed by atoms with Crippen LogP contribution in [0.1, 0.15) is 43.5 Å². The molecule has 8 nitrogen and oxygen atoms in total. The van der Waals surface area contributed by atoms with Gasteiger partial charge in [-0.15, -0.1) is 10.2 Å². The number of hydrogen-bond acceptors (Lipinski definition) is 6. The Balaban J connectivity index is 1.37. The van der Waals surface area contributed by atoms with E-state index in [-0.39, 0.29) is 17.6 Å². The highest BCUT2D eigenvalue weighted by Crippen LogP contribution is 2.41. The Morgan fingerprint density at radius 2 is 2.03 bits per heavy atom. The lowest BCUT2D eigenvalue weighted by molar-refractivity contribution is -0.116. The fourth-order valence-electron chi connectivity index (χ4n) is 4.31. The van der Waals surface area contributed by atoms with Gasteiger partial charge in [0, 0.05) is 30.8 Å². The third-order valence-electron chi connectivity index (χ3n) is 6.06. The van der Waals surface area contributed by atoms with Crippen molar-refractivity contribution in [2.45, 2.75) is 43.7 Å². The average Bonchev–Trinajstić information content (AvgIpc) is 3.60. The number of ether oxygens (including phenoxy) is 1. The van der Waals surface area contributed by atoms with Crippen molar-refractivity contribution in [3.63, 3.8) is 0 Å². The Morgan fingerprint density at radius 1 is 1.18 bits per heavy atom. The normalized spacial score (nSPS) is 15.1. The van der Waals surface area contributed by atoms with Crippen LogP contribution < -0.4 is 15.0 Å². The molecule has 1 aliphatic heterocycles. The fraction of sp³-hybridized carbons (Fsp3) is 0.360. The molecular formula is C25H27N5O3S. The van der Waals surface area contributed by atoms with E-state index >= 15 is 0 Å². The van der Waals surface area contributed by atoms with E-state index in [0.29, 0.717) is 23.3 Å². The van der Waals surface area contributed by atoms with Crippen LogP contribution in [0.4, 0.5) is 11.4 Å². The van der Waals surface area contributed by atoms with Crippen molar-refractivity contribution in [1.29, 1.82) is 0 Å². The maximum atomic E-state index is 13.2. The number of thioether (sulfide) groups is 1. The number of aryl methyl sites for hydroxylation is 1. The molecule has 0 bridgehead atoms. The monoisotopic (exact) mass is 477 g/mol. The molecule has 1 N–H and O–H groups in total. The zero-order chi connectivity index (χ0) is 23.7. The Labute approximate surface area is 202 Å². The lowest BCUT2D eigenvalue weighted by Crippen LogP contribution is -2.36. The summed E-state index contributed by atoms with van der Waals surface area (Å²) in [5.41, 5.74) is 3.69. The van der Waals surface area contributed by atoms with Crippen molar-refractivity contribution < 1.29 is 14.3 Å². The van der Waals surface area contributed by atoms with Gasteiger partial charge in [-0.3, -0.25) is 14.2 Å². The lowest BCUT2D eigenvalue weighted by Gasteiger charge is -2.29. The molecule has 0 radical (unpaired) electrons.